The number of aryl methyl sites for hydroxylation is 1. The second-order valence-corrected chi connectivity index (χ2v) is 9.10. The Hall–Kier alpha value is -0.960. The fourth-order valence-corrected chi connectivity index (χ4v) is 4.09. The predicted molar refractivity (Wildman–Crippen MR) is 83.1 cm³/mol. The Kier molecular flexibility index (Phi) is 5.54. The van der Waals surface area contributed by atoms with E-state index in [-0.39, 0.29) is 11.4 Å². The molecule has 0 aliphatic heterocycles. The van der Waals surface area contributed by atoms with Crippen LogP contribution in [0, 0.1) is 0 Å². The van der Waals surface area contributed by atoms with Gasteiger partial charge in [0.25, 0.3) is 0 Å². The van der Waals surface area contributed by atoms with Crippen LogP contribution in [0.3, 0.4) is 0 Å². The molecule has 0 atom stereocenters. The third-order valence-corrected chi connectivity index (χ3v) is 5.15. The molecule has 120 valence electrons. The predicted octanol–water partition coefficient (Wildman–Crippen LogP) is 0.855. The van der Waals surface area contributed by atoms with Crippen molar-refractivity contribution in [1.82, 2.24) is 9.44 Å². The van der Waals surface area contributed by atoms with Crippen LogP contribution in [0.1, 0.15) is 26.3 Å². The Morgan fingerprint density at radius 3 is 2.00 bits per heavy atom. The van der Waals surface area contributed by atoms with Crippen LogP contribution in [-0.4, -0.2) is 35.2 Å². The number of nitrogens with one attached hydrogen (secondary N) is 2. The lowest BCUT2D eigenvalue weighted by Gasteiger charge is -2.25. The fourth-order valence-electron chi connectivity index (χ4n) is 1.80. The van der Waals surface area contributed by atoms with Crippen molar-refractivity contribution in [3.63, 3.8) is 0 Å². The maximum Gasteiger partial charge on any atom is 0.240 e. The SMILES string of the molecule is CCc1ccc(S(=O)(=O)NCC(C)(C)NS(C)(=O)=O)cc1. The molecule has 21 heavy (non-hydrogen) atoms. The standard InChI is InChI=1S/C13H22N2O4S2/c1-5-11-6-8-12(9-7-11)21(18,19)14-10-13(2,3)15-20(4,16)17/h6-9,14-15H,5,10H2,1-4H3. The zero-order valence-corrected chi connectivity index (χ0v) is 14.3. The number of benzene rings is 1. The van der Waals surface area contributed by atoms with Gasteiger partial charge >= 0.3 is 0 Å². The summed E-state index contributed by atoms with van der Waals surface area (Å²) in [5.74, 6) is 0. The van der Waals surface area contributed by atoms with Crippen molar-refractivity contribution in [1.29, 1.82) is 0 Å². The van der Waals surface area contributed by atoms with Crippen LogP contribution in [0.5, 0.6) is 0 Å². The third-order valence-electron chi connectivity index (χ3n) is 2.81. The van der Waals surface area contributed by atoms with Gasteiger partial charge in [0.1, 0.15) is 0 Å². The number of sulfonamides is 2. The lowest BCUT2D eigenvalue weighted by molar-refractivity contribution is 0.446. The summed E-state index contributed by atoms with van der Waals surface area (Å²) in [6.45, 7) is 5.16. The van der Waals surface area contributed by atoms with E-state index in [1.165, 1.54) is 12.1 Å². The van der Waals surface area contributed by atoms with Gasteiger partial charge in [0.2, 0.25) is 20.0 Å². The highest BCUT2D eigenvalue weighted by molar-refractivity contribution is 7.89. The first-order chi connectivity index (χ1) is 9.45. The van der Waals surface area contributed by atoms with Crippen molar-refractivity contribution in [2.24, 2.45) is 0 Å². The first-order valence-electron chi connectivity index (χ1n) is 6.53. The molecule has 0 spiro atoms. The van der Waals surface area contributed by atoms with Crippen molar-refractivity contribution in [2.45, 2.75) is 37.6 Å². The van der Waals surface area contributed by atoms with E-state index in [9.17, 15) is 16.8 Å². The van der Waals surface area contributed by atoms with Crippen LogP contribution < -0.4 is 9.44 Å². The Morgan fingerprint density at radius 1 is 1.05 bits per heavy atom. The van der Waals surface area contributed by atoms with E-state index < -0.39 is 25.6 Å². The van der Waals surface area contributed by atoms with Gasteiger partial charge in [-0.05, 0) is 38.0 Å². The number of hydrogen-bond donors (Lipinski definition) is 2. The number of hydrogen-bond acceptors (Lipinski definition) is 4. The van der Waals surface area contributed by atoms with Gasteiger partial charge in [-0.25, -0.2) is 26.3 Å². The van der Waals surface area contributed by atoms with Gasteiger partial charge in [-0.1, -0.05) is 19.1 Å². The van der Waals surface area contributed by atoms with Crippen LogP contribution in [-0.2, 0) is 26.5 Å². The largest absolute Gasteiger partial charge is 0.240 e. The molecule has 2 N–H and O–H groups in total. The molecule has 0 aromatic heterocycles. The Balaban J connectivity index is 2.81. The molecular formula is C13H22N2O4S2. The van der Waals surface area contributed by atoms with E-state index in [1.807, 2.05) is 6.92 Å². The van der Waals surface area contributed by atoms with E-state index >= 15 is 0 Å². The Labute approximate surface area is 127 Å². The molecule has 8 heteroatoms. The fraction of sp³-hybridized carbons (Fsp3) is 0.538. The van der Waals surface area contributed by atoms with Gasteiger partial charge in [-0.3, -0.25) is 0 Å². The van der Waals surface area contributed by atoms with E-state index in [0.29, 0.717) is 0 Å². The number of rotatable bonds is 7. The highest BCUT2D eigenvalue weighted by atomic mass is 32.2. The van der Waals surface area contributed by atoms with Gasteiger partial charge in [-0.15, -0.1) is 0 Å². The van der Waals surface area contributed by atoms with Crippen LogP contribution in [0.25, 0.3) is 0 Å². The highest BCUT2D eigenvalue weighted by Crippen LogP contribution is 2.12. The third kappa shape index (κ3) is 6.13. The van der Waals surface area contributed by atoms with Crippen molar-refractivity contribution < 1.29 is 16.8 Å². The van der Waals surface area contributed by atoms with Crippen molar-refractivity contribution >= 4 is 20.0 Å². The van der Waals surface area contributed by atoms with Crippen LogP contribution >= 0.6 is 0 Å². The average molecular weight is 334 g/mol. The molecular weight excluding hydrogens is 312 g/mol. The summed E-state index contributed by atoms with van der Waals surface area (Å²) in [4.78, 5) is 0.162. The lowest BCUT2D eigenvalue weighted by atomic mass is 10.1. The monoisotopic (exact) mass is 334 g/mol. The maximum atomic E-state index is 12.2. The molecule has 0 fully saturated rings. The molecule has 0 aliphatic carbocycles. The second-order valence-electron chi connectivity index (χ2n) is 5.58. The van der Waals surface area contributed by atoms with Gasteiger partial charge in [0.05, 0.1) is 11.2 Å². The van der Waals surface area contributed by atoms with E-state index in [0.717, 1.165) is 18.2 Å². The van der Waals surface area contributed by atoms with Crippen LogP contribution in [0.15, 0.2) is 29.2 Å². The normalized spacial score (nSPS) is 13.3. The lowest BCUT2D eigenvalue weighted by Crippen LogP contribution is -2.50. The zero-order valence-electron chi connectivity index (χ0n) is 12.7. The molecule has 0 aliphatic rings. The second kappa shape index (κ2) is 6.43. The summed E-state index contributed by atoms with van der Waals surface area (Å²) in [7, 11) is -7.07. The Morgan fingerprint density at radius 2 is 1.57 bits per heavy atom. The van der Waals surface area contributed by atoms with Crippen molar-refractivity contribution in [3.8, 4) is 0 Å². The van der Waals surface area contributed by atoms with Gasteiger partial charge in [-0.2, -0.15) is 0 Å². The molecule has 1 rings (SSSR count). The summed E-state index contributed by atoms with van der Waals surface area (Å²) in [5.41, 5.74) is 0.136. The summed E-state index contributed by atoms with van der Waals surface area (Å²) >= 11 is 0. The van der Waals surface area contributed by atoms with E-state index in [2.05, 4.69) is 9.44 Å². The molecule has 0 saturated heterocycles. The van der Waals surface area contributed by atoms with Crippen molar-refractivity contribution in [2.75, 3.05) is 12.8 Å². The van der Waals surface area contributed by atoms with Crippen LogP contribution in [0.2, 0.25) is 0 Å². The first kappa shape index (κ1) is 18.1. The molecule has 0 bridgehead atoms. The molecule has 0 amide bonds. The van der Waals surface area contributed by atoms with E-state index in [1.54, 1.807) is 26.0 Å². The summed E-state index contributed by atoms with van der Waals surface area (Å²) in [5, 5.41) is 0. The summed E-state index contributed by atoms with van der Waals surface area (Å²) < 4.78 is 51.6. The molecule has 0 saturated carbocycles. The Bertz CT molecular complexity index is 677. The van der Waals surface area contributed by atoms with Gasteiger partial charge in [0.15, 0.2) is 0 Å². The molecule has 0 radical (unpaired) electrons. The van der Waals surface area contributed by atoms with Crippen molar-refractivity contribution in [3.05, 3.63) is 29.8 Å². The summed E-state index contributed by atoms with van der Waals surface area (Å²) in [6, 6.07) is 6.60. The first-order valence-corrected chi connectivity index (χ1v) is 9.90. The molecule has 0 heterocycles. The molecule has 6 nitrogen and oxygen atoms in total. The summed E-state index contributed by atoms with van der Waals surface area (Å²) in [6.07, 6.45) is 1.87. The molecule has 1 aromatic carbocycles. The van der Waals surface area contributed by atoms with Gasteiger partial charge < -0.3 is 0 Å². The minimum Gasteiger partial charge on any atom is -0.213 e. The smallest absolute Gasteiger partial charge is 0.213 e. The zero-order chi connectivity index (χ0) is 16.3. The van der Waals surface area contributed by atoms with E-state index in [4.69, 9.17) is 0 Å². The minimum absolute atomic E-state index is 0.0437. The topological polar surface area (TPSA) is 92.3 Å². The van der Waals surface area contributed by atoms with Gasteiger partial charge in [0, 0.05) is 12.1 Å². The van der Waals surface area contributed by atoms with Crippen LogP contribution in [0.4, 0.5) is 0 Å². The minimum atomic E-state index is -3.66. The maximum absolute atomic E-state index is 12.2. The average Bonchev–Trinajstić information content (AvgIpc) is 2.34. The molecule has 1 aromatic rings. The highest BCUT2D eigenvalue weighted by Gasteiger charge is 2.25. The molecule has 0 unspecified atom stereocenters. The quantitative estimate of drug-likeness (QED) is 0.773.